The van der Waals surface area contributed by atoms with Crippen LogP contribution in [0.4, 0.5) is 0 Å². The lowest BCUT2D eigenvalue weighted by molar-refractivity contribution is 0.0932. The van der Waals surface area contributed by atoms with Crippen LogP contribution in [0, 0.1) is 20.8 Å². The molecule has 19 heavy (non-hydrogen) atoms. The lowest BCUT2D eigenvalue weighted by Gasteiger charge is -2.17. The quantitative estimate of drug-likeness (QED) is 0.797. The van der Waals surface area contributed by atoms with Crippen molar-refractivity contribution in [2.45, 2.75) is 65.3 Å². The summed E-state index contributed by atoms with van der Waals surface area (Å²) in [5.74, 6) is 0.104. The van der Waals surface area contributed by atoms with Crippen LogP contribution < -0.4 is 5.32 Å². The van der Waals surface area contributed by atoms with Gasteiger partial charge in [-0.2, -0.15) is 0 Å². The summed E-state index contributed by atoms with van der Waals surface area (Å²) < 4.78 is 0. The molecular weight excluding hydrogens is 234 g/mol. The molecule has 1 amide bonds. The van der Waals surface area contributed by atoms with Gasteiger partial charge in [-0.15, -0.1) is 0 Å². The highest BCUT2D eigenvalue weighted by atomic mass is 16.1. The van der Waals surface area contributed by atoms with Crippen LogP contribution >= 0.6 is 0 Å². The van der Waals surface area contributed by atoms with E-state index in [4.69, 9.17) is 0 Å². The molecule has 0 heterocycles. The van der Waals surface area contributed by atoms with Crippen molar-refractivity contribution in [3.8, 4) is 0 Å². The van der Waals surface area contributed by atoms with E-state index in [-0.39, 0.29) is 5.91 Å². The maximum atomic E-state index is 12.4. The van der Waals surface area contributed by atoms with E-state index in [1.807, 2.05) is 13.0 Å². The van der Waals surface area contributed by atoms with Crippen LogP contribution in [0.25, 0.3) is 0 Å². The largest absolute Gasteiger partial charge is 0.349 e. The Labute approximate surface area is 116 Å². The summed E-state index contributed by atoms with van der Waals surface area (Å²) in [7, 11) is 0. The Hall–Kier alpha value is -1.31. The summed E-state index contributed by atoms with van der Waals surface area (Å²) in [5, 5.41) is 3.22. The molecule has 1 aromatic carbocycles. The van der Waals surface area contributed by atoms with E-state index in [9.17, 15) is 4.79 Å². The van der Waals surface area contributed by atoms with Crippen LogP contribution in [0.5, 0.6) is 0 Å². The fourth-order valence-electron chi connectivity index (χ4n) is 2.89. The normalized spacial score (nSPS) is 17.0. The van der Waals surface area contributed by atoms with E-state index in [2.05, 4.69) is 25.2 Å². The van der Waals surface area contributed by atoms with Crippen molar-refractivity contribution in [3.05, 3.63) is 34.4 Å². The summed E-state index contributed by atoms with van der Waals surface area (Å²) >= 11 is 0. The molecule has 0 spiro atoms. The van der Waals surface area contributed by atoms with Gasteiger partial charge in [0.05, 0.1) is 0 Å². The number of benzene rings is 1. The molecule has 1 aliphatic rings. The van der Waals surface area contributed by atoms with Gasteiger partial charge in [-0.25, -0.2) is 0 Å². The minimum Gasteiger partial charge on any atom is -0.349 e. The Bertz CT molecular complexity index is 457. The minimum atomic E-state index is 0.104. The second kappa shape index (κ2) is 6.23. The number of aryl methyl sites for hydroxylation is 3. The molecule has 0 aromatic heterocycles. The van der Waals surface area contributed by atoms with Gasteiger partial charge in [0, 0.05) is 11.6 Å². The maximum Gasteiger partial charge on any atom is 0.251 e. The lowest BCUT2D eigenvalue weighted by atomic mass is 9.99. The van der Waals surface area contributed by atoms with Gasteiger partial charge in [0.25, 0.3) is 5.91 Å². The first kappa shape index (κ1) is 14.1. The van der Waals surface area contributed by atoms with Crippen molar-refractivity contribution in [3.63, 3.8) is 0 Å². The van der Waals surface area contributed by atoms with Crippen molar-refractivity contribution in [1.29, 1.82) is 0 Å². The highest BCUT2D eigenvalue weighted by molar-refractivity contribution is 5.96. The summed E-state index contributed by atoms with van der Waals surface area (Å²) in [6, 6.07) is 4.50. The maximum absolute atomic E-state index is 12.4. The third-order valence-corrected chi connectivity index (χ3v) is 4.28. The summed E-state index contributed by atoms with van der Waals surface area (Å²) in [4.78, 5) is 12.4. The fraction of sp³-hybridized carbons (Fsp3) is 0.588. The highest BCUT2D eigenvalue weighted by Gasteiger charge is 2.17. The number of nitrogens with one attached hydrogen (secondary N) is 1. The van der Waals surface area contributed by atoms with E-state index in [0.29, 0.717) is 6.04 Å². The number of rotatable bonds is 2. The average Bonchev–Trinajstić information content (AvgIpc) is 2.62. The third kappa shape index (κ3) is 3.59. The number of amides is 1. The molecule has 2 rings (SSSR count). The predicted octanol–water partition coefficient (Wildman–Crippen LogP) is 4.06. The molecule has 1 aliphatic carbocycles. The van der Waals surface area contributed by atoms with Gasteiger partial charge < -0.3 is 5.32 Å². The first-order valence-electron chi connectivity index (χ1n) is 7.46. The van der Waals surface area contributed by atoms with Gasteiger partial charge in [0.2, 0.25) is 0 Å². The molecule has 0 radical (unpaired) electrons. The first-order valence-corrected chi connectivity index (χ1v) is 7.46. The number of carbonyl (C=O) groups is 1. The Morgan fingerprint density at radius 1 is 0.947 bits per heavy atom. The molecular formula is C17H25NO. The van der Waals surface area contributed by atoms with Gasteiger partial charge in [0.15, 0.2) is 0 Å². The second-order valence-electron chi connectivity index (χ2n) is 5.91. The molecule has 0 saturated heterocycles. The molecule has 0 aliphatic heterocycles. The van der Waals surface area contributed by atoms with Crippen molar-refractivity contribution in [2.24, 2.45) is 0 Å². The zero-order valence-corrected chi connectivity index (χ0v) is 12.4. The highest BCUT2D eigenvalue weighted by Crippen LogP contribution is 2.19. The Balaban J connectivity index is 2.08. The van der Waals surface area contributed by atoms with Crippen molar-refractivity contribution >= 4 is 5.91 Å². The van der Waals surface area contributed by atoms with E-state index in [0.717, 1.165) is 24.0 Å². The first-order chi connectivity index (χ1) is 9.08. The molecule has 1 fully saturated rings. The second-order valence-corrected chi connectivity index (χ2v) is 5.91. The third-order valence-electron chi connectivity index (χ3n) is 4.28. The molecule has 0 unspecified atom stereocenters. The summed E-state index contributed by atoms with van der Waals surface area (Å²) in [5.41, 5.74) is 4.36. The Kier molecular flexibility index (Phi) is 4.62. The van der Waals surface area contributed by atoms with Gasteiger partial charge in [0.1, 0.15) is 0 Å². The minimum absolute atomic E-state index is 0.104. The van der Waals surface area contributed by atoms with Crippen LogP contribution in [0.1, 0.15) is 65.6 Å². The van der Waals surface area contributed by atoms with E-state index < -0.39 is 0 Å². The summed E-state index contributed by atoms with van der Waals surface area (Å²) in [6.07, 6.45) is 7.39. The topological polar surface area (TPSA) is 29.1 Å². The fourth-order valence-corrected chi connectivity index (χ4v) is 2.89. The van der Waals surface area contributed by atoms with Gasteiger partial charge in [-0.1, -0.05) is 31.7 Å². The van der Waals surface area contributed by atoms with Crippen molar-refractivity contribution in [2.75, 3.05) is 0 Å². The Morgan fingerprint density at radius 3 is 2.16 bits per heavy atom. The zero-order chi connectivity index (χ0) is 13.8. The molecule has 0 atom stereocenters. The van der Waals surface area contributed by atoms with Crippen LogP contribution in [0.2, 0.25) is 0 Å². The van der Waals surface area contributed by atoms with Crippen LogP contribution in [-0.2, 0) is 0 Å². The number of hydrogen-bond acceptors (Lipinski definition) is 1. The Morgan fingerprint density at radius 2 is 1.53 bits per heavy atom. The number of carbonyl (C=O) groups excluding carboxylic acids is 1. The van der Waals surface area contributed by atoms with Crippen molar-refractivity contribution in [1.82, 2.24) is 5.32 Å². The van der Waals surface area contributed by atoms with Crippen LogP contribution in [0.15, 0.2) is 12.1 Å². The molecule has 1 N–H and O–H groups in total. The summed E-state index contributed by atoms with van der Waals surface area (Å²) in [6.45, 7) is 6.18. The van der Waals surface area contributed by atoms with Gasteiger partial charge >= 0.3 is 0 Å². The zero-order valence-electron chi connectivity index (χ0n) is 12.4. The molecule has 1 saturated carbocycles. The van der Waals surface area contributed by atoms with Crippen molar-refractivity contribution < 1.29 is 4.79 Å². The van der Waals surface area contributed by atoms with Crippen LogP contribution in [-0.4, -0.2) is 11.9 Å². The standard InChI is InChI=1S/C17H25NO/c1-12-10-14(3)16(11-13(12)2)17(19)18-15-8-6-4-5-7-9-15/h10-11,15H,4-9H2,1-3H3,(H,18,19). The predicted molar refractivity (Wildman–Crippen MR) is 79.6 cm³/mol. The monoisotopic (exact) mass is 259 g/mol. The lowest BCUT2D eigenvalue weighted by Crippen LogP contribution is -2.34. The van der Waals surface area contributed by atoms with Gasteiger partial charge in [-0.3, -0.25) is 4.79 Å². The molecule has 104 valence electrons. The molecule has 1 aromatic rings. The van der Waals surface area contributed by atoms with Crippen LogP contribution in [0.3, 0.4) is 0 Å². The van der Waals surface area contributed by atoms with E-state index in [1.54, 1.807) is 0 Å². The average molecular weight is 259 g/mol. The molecule has 2 heteroatoms. The van der Waals surface area contributed by atoms with E-state index in [1.165, 1.54) is 36.8 Å². The molecule has 0 bridgehead atoms. The van der Waals surface area contributed by atoms with Gasteiger partial charge in [-0.05, 0) is 56.4 Å². The smallest absolute Gasteiger partial charge is 0.251 e. The number of hydrogen-bond donors (Lipinski definition) is 1. The van der Waals surface area contributed by atoms with E-state index >= 15 is 0 Å². The SMILES string of the molecule is Cc1cc(C)c(C(=O)NC2CCCCCC2)cc1C. The molecule has 2 nitrogen and oxygen atoms in total.